The third-order valence-corrected chi connectivity index (χ3v) is 8.30. The largest absolute Gasteiger partial charge is 0.300 e. The molecule has 5 unspecified atom stereocenters. The smallest absolute Gasteiger partial charge is 0.234 e. The molecule has 3 amide bonds. The molecule has 5 atom stereocenters. The SMILES string of the molecule is CC(C)c1nnc(NC(=O)CC(c2ccc(Br)cc2)N2C(=O)C3C4C=CC(C4)C3C2=O)s1. The van der Waals surface area contributed by atoms with E-state index in [1.165, 1.54) is 16.2 Å². The number of hydrogen-bond donors (Lipinski definition) is 1. The minimum Gasteiger partial charge on any atom is -0.300 e. The highest BCUT2D eigenvalue weighted by atomic mass is 79.9. The summed E-state index contributed by atoms with van der Waals surface area (Å²) in [6, 6.07) is 6.76. The number of imide groups is 1. The quantitative estimate of drug-likeness (QED) is 0.458. The molecule has 9 heteroatoms. The molecule has 2 aliphatic carbocycles. The maximum absolute atomic E-state index is 13.4. The van der Waals surface area contributed by atoms with Gasteiger partial charge in [0.25, 0.3) is 0 Å². The van der Waals surface area contributed by atoms with E-state index in [1.807, 2.05) is 38.1 Å². The van der Waals surface area contributed by atoms with Crippen LogP contribution in [-0.4, -0.2) is 32.8 Å². The molecule has 7 nitrogen and oxygen atoms in total. The average Bonchev–Trinajstić information content (AvgIpc) is 3.52. The first-order valence-corrected chi connectivity index (χ1v) is 12.4. The Balaban J connectivity index is 1.41. The summed E-state index contributed by atoms with van der Waals surface area (Å²) in [5, 5.41) is 12.2. The molecule has 2 heterocycles. The Morgan fingerprint density at radius 1 is 1.12 bits per heavy atom. The lowest BCUT2D eigenvalue weighted by atomic mass is 9.85. The predicted octanol–water partition coefficient (Wildman–Crippen LogP) is 4.30. The Bertz CT molecular complexity index is 1080. The fourth-order valence-electron chi connectivity index (χ4n) is 5.14. The summed E-state index contributed by atoms with van der Waals surface area (Å²) in [5.74, 6) is -0.736. The van der Waals surface area contributed by atoms with Crippen LogP contribution in [0.1, 0.15) is 49.2 Å². The van der Waals surface area contributed by atoms with Crippen molar-refractivity contribution < 1.29 is 14.4 Å². The Hall–Kier alpha value is -2.39. The van der Waals surface area contributed by atoms with Gasteiger partial charge in [0.05, 0.1) is 24.3 Å². The lowest BCUT2D eigenvalue weighted by Gasteiger charge is -2.28. The van der Waals surface area contributed by atoms with Crippen LogP contribution >= 0.6 is 27.3 Å². The number of likely N-dealkylation sites (tertiary alicyclic amines) is 1. The van der Waals surface area contributed by atoms with Crippen molar-refractivity contribution in [1.82, 2.24) is 15.1 Å². The van der Waals surface area contributed by atoms with Crippen molar-refractivity contribution >= 4 is 50.1 Å². The lowest BCUT2D eigenvalue weighted by Crippen LogP contribution is -2.38. The van der Waals surface area contributed by atoms with E-state index in [0.29, 0.717) is 5.13 Å². The van der Waals surface area contributed by atoms with Crippen molar-refractivity contribution in [2.75, 3.05) is 5.32 Å². The van der Waals surface area contributed by atoms with E-state index in [2.05, 4.69) is 43.6 Å². The van der Waals surface area contributed by atoms with Gasteiger partial charge in [-0.25, -0.2) is 0 Å². The molecule has 2 aromatic rings. The maximum atomic E-state index is 13.4. The third-order valence-electron chi connectivity index (χ3n) is 6.63. The van der Waals surface area contributed by atoms with Gasteiger partial charge in [0.2, 0.25) is 22.9 Å². The number of fused-ring (bicyclic) bond motifs is 5. The molecule has 2 bridgehead atoms. The third kappa shape index (κ3) is 3.61. The van der Waals surface area contributed by atoms with E-state index in [9.17, 15) is 14.4 Å². The standard InChI is InChI=1S/C23H23BrN4O3S/c1-11(2)20-26-27-23(32-20)25-17(29)10-16(12-5-7-15(24)8-6-12)28-21(30)18-13-3-4-14(9-13)19(18)22(28)31/h3-8,11,13-14,16,18-19H,9-10H2,1-2H3,(H,25,27,29). The van der Waals surface area contributed by atoms with Crippen LogP contribution in [0.4, 0.5) is 5.13 Å². The summed E-state index contributed by atoms with van der Waals surface area (Å²) in [5.41, 5.74) is 0.755. The molecule has 166 valence electrons. The van der Waals surface area contributed by atoms with Crippen LogP contribution in [0.2, 0.25) is 0 Å². The second-order valence-corrected chi connectivity index (χ2v) is 10.9. The van der Waals surface area contributed by atoms with Crippen LogP contribution in [0.5, 0.6) is 0 Å². The van der Waals surface area contributed by atoms with Crippen LogP contribution in [0.3, 0.4) is 0 Å². The molecule has 2 fully saturated rings. The first-order valence-electron chi connectivity index (χ1n) is 10.8. The van der Waals surface area contributed by atoms with Gasteiger partial charge in [-0.1, -0.05) is 65.4 Å². The van der Waals surface area contributed by atoms with E-state index in [1.54, 1.807) is 0 Å². The Morgan fingerprint density at radius 3 is 2.31 bits per heavy atom. The molecule has 32 heavy (non-hydrogen) atoms. The summed E-state index contributed by atoms with van der Waals surface area (Å²) >= 11 is 4.76. The molecule has 3 aliphatic rings. The summed E-state index contributed by atoms with van der Waals surface area (Å²) < 4.78 is 0.887. The Morgan fingerprint density at radius 2 is 1.75 bits per heavy atom. The molecule has 1 saturated carbocycles. The van der Waals surface area contributed by atoms with Crippen molar-refractivity contribution in [3.8, 4) is 0 Å². The highest BCUT2D eigenvalue weighted by molar-refractivity contribution is 9.10. The van der Waals surface area contributed by atoms with Crippen LogP contribution in [-0.2, 0) is 14.4 Å². The molecular weight excluding hydrogens is 492 g/mol. The van der Waals surface area contributed by atoms with Crippen LogP contribution in [0.15, 0.2) is 40.9 Å². The molecular formula is C23H23BrN4O3S. The molecule has 1 saturated heterocycles. The number of hydrogen-bond acceptors (Lipinski definition) is 6. The fourth-order valence-corrected chi connectivity index (χ4v) is 6.17. The molecule has 0 spiro atoms. The van der Waals surface area contributed by atoms with Crippen LogP contribution in [0.25, 0.3) is 0 Å². The Kier molecular flexibility index (Phi) is 5.49. The van der Waals surface area contributed by atoms with Crippen molar-refractivity contribution in [2.24, 2.45) is 23.7 Å². The molecule has 1 aromatic heterocycles. The average molecular weight is 515 g/mol. The van der Waals surface area contributed by atoms with Gasteiger partial charge in [-0.15, -0.1) is 10.2 Å². The van der Waals surface area contributed by atoms with E-state index in [-0.39, 0.29) is 53.7 Å². The zero-order valence-electron chi connectivity index (χ0n) is 17.7. The number of aromatic nitrogens is 2. The van der Waals surface area contributed by atoms with Gasteiger partial charge in [0.15, 0.2) is 0 Å². The summed E-state index contributed by atoms with van der Waals surface area (Å²) in [4.78, 5) is 41.1. The van der Waals surface area contributed by atoms with Crippen molar-refractivity contribution in [1.29, 1.82) is 0 Å². The Labute approximate surface area is 198 Å². The number of benzene rings is 1. The van der Waals surface area contributed by atoms with Gasteiger partial charge in [0.1, 0.15) is 5.01 Å². The number of nitrogens with one attached hydrogen (secondary N) is 1. The molecule has 1 aliphatic heterocycles. The second kappa shape index (κ2) is 8.19. The monoisotopic (exact) mass is 514 g/mol. The van der Waals surface area contributed by atoms with Crippen LogP contribution in [0, 0.1) is 23.7 Å². The normalized spacial score (nSPS) is 26.8. The zero-order valence-corrected chi connectivity index (χ0v) is 20.1. The van der Waals surface area contributed by atoms with Gasteiger partial charge < -0.3 is 5.32 Å². The van der Waals surface area contributed by atoms with Gasteiger partial charge in [0, 0.05) is 10.4 Å². The van der Waals surface area contributed by atoms with Gasteiger partial charge >= 0.3 is 0 Å². The van der Waals surface area contributed by atoms with Crippen molar-refractivity contribution in [3.63, 3.8) is 0 Å². The van der Waals surface area contributed by atoms with Gasteiger partial charge in [-0.05, 0) is 36.0 Å². The molecule has 0 radical (unpaired) electrons. The zero-order chi connectivity index (χ0) is 22.6. The van der Waals surface area contributed by atoms with Crippen LogP contribution < -0.4 is 5.32 Å². The van der Waals surface area contributed by atoms with Crippen molar-refractivity contribution in [2.45, 2.75) is 38.6 Å². The van der Waals surface area contributed by atoms with E-state index < -0.39 is 6.04 Å². The minimum absolute atomic E-state index is 0.0299. The van der Waals surface area contributed by atoms with Crippen molar-refractivity contribution in [3.05, 3.63) is 51.5 Å². The maximum Gasteiger partial charge on any atom is 0.234 e. The molecule has 5 rings (SSSR count). The fraction of sp³-hybridized carbons (Fsp3) is 0.435. The number of halogens is 1. The number of carbonyl (C=O) groups is 3. The topological polar surface area (TPSA) is 92.3 Å². The van der Waals surface area contributed by atoms with Gasteiger partial charge in [-0.3, -0.25) is 19.3 Å². The summed E-state index contributed by atoms with van der Waals surface area (Å²) in [6.07, 6.45) is 4.99. The highest BCUT2D eigenvalue weighted by Crippen LogP contribution is 2.54. The predicted molar refractivity (Wildman–Crippen MR) is 124 cm³/mol. The highest BCUT2D eigenvalue weighted by Gasteiger charge is 2.60. The first kappa shape index (κ1) is 21.5. The summed E-state index contributed by atoms with van der Waals surface area (Å²) in [6.45, 7) is 4.03. The lowest BCUT2D eigenvalue weighted by molar-refractivity contribution is -0.144. The first-order chi connectivity index (χ1) is 15.3. The minimum atomic E-state index is -0.661. The number of allylic oxidation sites excluding steroid dienone is 2. The number of amides is 3. The number of anilines is 1. The number of carbonyl (C=O) groups excluding carboxylic acids is 3. The second-order valence-electron chi connectivity index (χ2n) is 8.97. The van der Waals surface area contributed by atoms with E-state index >= 15 is 0 Å². The van der Waals surface area contributed by atoms with Gasteiger partial charge in [-0.2, -0.15) is 0 Å². The molecule has 1 N–H and O–H groups in total. The summed E-state index contributed by atoms with van der Waals surface area (Å²) in [7, 11) is 0. The number of rotatable bonds is 6. The number of nitrogens with zero attached hydrogens (tertiary/aromatic N) is 3. The van der Waals surface area contributed by atoms with E-state index in [0.717, 1.165) is 21.5 Å². The van der Waals surface area contributed by atoms with E-state index in [4.69, 9.17) is 0 Å². The molecule has 1 aromatic carbocycles.